The van der Waals surface area contributed by atoms with Crippen LogP contribution in [0.5, 0.6) is 0 Å². The molecular weight excluding hydrogens is 198 g/mol. The van der Waals surface area contributed by atoms with E-state index in [-0.39, 0.29) is 5.88 Å². The van der Waals surface area contributed by atoms with Gasteiger partial charge in [-0.15, -0.1) is 11.6 Å². The van der Waals surface area contributed by atoms with Crippen LogP contribution in [0.25, 0.3) is 0 Å². The monoisotopic (exact) mass is 200 g/mol. The van der Waals surface area contributed by atoms with Crippen LogP contribution in [0, 0.1) is 0 Å². The van der Waals surface area contributed by atoms with Gasteiger partial charge in [0.25, 0.3) is 0 Å². The maximum absolute atomic E-state index is 5.47. The molecule has 0 fully saturated rings. The van der Waals surface area contributed by atoms with E-state index < -0.39 is 4.84 Å². The zero-order valence-electron chi connectivity index (χ0n) is 4.72. The van der Waals surface area contributed by atoms with E-state index in [0.717, 1.165) is 0 Å². The van der Waals surface area contributed by atoms with Gasteiger partial charge in [-0.2, -0.15) is 0 Å². The lowest BCUT2D eigenvalue weighted by molar-refractivity contribution is 0.301. The molecule has 56 valence electrons. The van der Waals surface area contributed by atoms with E-state index in [1.807, 2.05) is 0 Å². The van der Waals surface area contributed by atoms with Crippen LogP contribution in [0.4, 0.5) is 0 Å². The minimum atomic E-state index is -0.722. The highest BCUT2D eigenvalue weighted by atomic mass is 35.5. The van der Waals surface area contributed by atoms with Crippen molar-refractivity contribution in [3.05, 3.63) is 11.4 Å². The maximum atomic E-state index is 5.47. The van der Waals surface area contributed by atoms with Crippen molar-refractivity contribution in [2.75, 3.05) is 0 Å². The Labute approximate surface area is 72.2 Å². The highest BCUT2D eigenvalue weighted by molar-refractivity contribution is 6.44. The predicted molar refractivity (Wildman–Crippen MR) is 38.3 cm³/mol. The van der Waals surface area contributed by atoms with Crippen LogP contribution in [0.3, 0.4) is 0 Å². The third kappa shape index (κ3) is 1.54. The molecule has 0 bridgehead atoms. The number of aromatic nitrogens is 2. The zero-order valence-corrected chi connectivity index (χ0v) is 6.99. The molecule has 0 aliphatic rings. The molecule has 0 atom stereocenters. The summed E-state index contributed by atoms with van der Waals surface area (Å²) in [6.07, 6.45) is 0. The summed E-state index contributed by atoms with van der Waals surface area (Å²) in [6, 6.07) is 0. The Hall–Kier alpha value is 0.01000. The highest BCUT2D eigenvalue weighted by Crippen LogP contribution is 2.25. The molecular formula is C4H3Cl3N2O. The first kappa shape index (κ1) is 8.11. The van der Waals surface area contributed by atoms with Gasteiger partial charge in [0.2, 0.25) is 0 Å². The summed E-state index contributed by atoms with van der Waals surface area (Å²) < 4.78 is 4.34. The Bertz CT molecular complexity index is 212. The smallest absolute Gasteiger partial charge is 0.155 e. The van der Waals surface area contributed by atoms with Crippen molar-refractivity contribution < 1.29 is 4.63 Å². The lowest BCUT2D eigenvalue weighted by Gasteiger charge is -1.92. The Morgan fingerprint density at radius 1 is 1.40 bits per heavy atom. The lowest BCUT2D eigenvalue weighted by Crippen LogP contribution is -1.87. The molecule has 10 heavy (non-hydrogen) atoms. The number of hydrogen-bond acceptors (Lipinski definition) is 3. The minimum absolute atomic E-state index is 0.203. The normalized spacial score (nSPS) is 10.8. The largest absolute Gasteiger partial charge is 0.244 e. The van der Waals surface area contributed by atoms with Crippen LogP contribution in [0.2, 0.25) is 0 Å². The van der Waals surface area contributed by atoms with E-state index in [9.17, 15) is 0 Å². The molecule has 1 aromatic heterocycles. The van der Waals surface area contributed by atoms with Gasteiger partial charge in [0.15, 0.2) is 4.84 Å². The molecule has 0 spiro atoms. The van der Waals surface area contributed by atoms with Gasteiger partial charge in [0.05, 0.1) is 5.88 Å². The minimum Gasteiger partial charge on any atom is -0.244 e. The zero-order chi connectivity index (χ0) is 7.56. The second kappa shape index (κ2) is 3.42. The van der Waals surface area contributed by atoms with E-state index >= 15 is 0 Å². The second-order valence-corrected chi connectivity index (χ2v) is 2.89. The number of rotatable bonds is 2. The predicted octanol–water partition coefficient (Wildman–Crippen LogP) is 2.28. The molecule has 0 aliphatic carbocycles. The lowest BCUT2D eigenvalue weighted by atomic mass is 10.4. The molecule has 1 heterocycles. The molecule has 0 aliphatic heterocycles. The molecule has 3 nitrogen and oxygen atoms in total. The fraction of sp³-hybridized carbons (Fsp3) is 0.500. The van der Waals surface area contributed by atoms with Gasteiger partial charge in [-0.05, 0) is 0 Å². The average molecular weight is 201 g/mol. The van der Waals surface area contributed by atoms with Crippen LogP contribution in [0.15, 0.2) is 4.63 Å². The van der Waals surface area contributed by atoms with Gasteiger partial charge in [0.1, 0.15) is 11.4 Å². The molecule has 0 unspecified atom stereocenters. The summed E-state index contributed by atoms with van der Waals surface area (Å²) in [6.45, 7) is 0. The molecule has 1 aromatic rings. The molecule has 1 rings (SSSR count). The van der Waals surface area contributed by atoms with Gasteiger partial charge in [-0.3, -0.25) is 0 Å². The van der Waals surface area contributed by atoms with Crippen molar-refractivity contribution in [3.8, 4) is 0 Å². The molecule has 0 aromatic carbocycles. The Morgan fingerprint density at radius 3 is 2.50 bits per heavy atom. The quantitative estimate of drug-likeness (QED) is 0.689. The fourth-order valence-corrected chi connectivity index (χ4v) is 0.989. The summed E-state index contributed by atoms with van der Waals surface area (Å²) >= 11 is 16.4. The van der Waals surface area contributed by atoms with E-state index in [1.54, 1.807) is 0 Å². The first-order valence-electron chi connectivity index (χ1n) is 2.41. The Kier molecular flexibility index (Phi) is 2.77. The van der Waals surface area contributed by atoms with Crippen LogP contribution in [0.1, 0.15) is 16.2 Å². The van der Waals surface area contributed by atoms with Crippen LogP contribution in [-0.4, -0.2) is 10.3 Å². The SMILES string of the molecule is ClCc1nonc1C(Cl)Cl. The third-order valence-electron chi connectivity index (χ3n) is 0.919. The molecule has 0 radical (unpaired) electrons. The second-order valence-electron chi connectivity index (χ2n) is 1.53. The number of nitrogens with zero attached hydrogens (tertiary/aromatic N) is 2. The topological polar surface area (TPSA) is 38.9 Å². The van der Waals surface area contributed by atoms with Gasteiger partial charge in [-0.25, -0.2) is 4.63 Å². The van der Waals surface area contributed by atoms with E-state index in [2.05, 4.69) is 14.9 Å². The number of alkyl halides is 3. The molecule has 6 heteroatoms. The first-order valence-corrected chi connectivity index (χ1v) is 3.82. The summed E-state index contributed by atoms with van der Waals surface area (Å²) in [7, 11) is 0. The van der Waals surface area contributed by atoms with E-state index in [0.29, 0.717) is 11.4 Å². The van der Waals surface area contributed by atoms with Crippen molar-refractivity contribution in [3.63, 3.8) is 0 Å². The van der Waals surface area contributed by atoms with Gasteiger partial charge >= 0.3 is 0 Å². The van der Waals surface area contributed by atoms with E-state index in [1.165, 1.54) is 0 Å². The van der Waals surface area contributed by atoms with Crippen molar-refractivity contribution in [1.29, 1.82) is 0 Å². The van der Waals surface area contributed by atoms with Crippen molar-refractivity contribution in [2.45, 2.75) is 10.7 Å². The number of halogens is 3. The third-order valence-corrected chi connectivity index (χ3v) is 1.59. The Balaban J connectivity index is 2.90. The summed E-state index contributed by atoms with van der Waals surface area (Å²) in [5, 5.41) is 6.92. The van der Waals surface area contributed by atoms with Crippen molar-refractivity contribution in [2.24, 2.45) is 0 Å². The van der Waals surface area contributed by atoms with Gasteiger partial charge in [0, 0.05) is 0 Å². The van der Waals surface area contributed by atoms with Crippen molar-refractivity contribution in [1.82, 2.24) is 10.3 Å². The molecule has 0 saturated carbocycles. The highest BCUT2D eigenvalue weighted by Gasteiger charge is 2.14. The van der Waals surface area contributed by atoms with Gasteiger partial charge < -0.3 is 0 Å². The maximum Gasteiger partial charge on any atom is 0.155 e. The first-order chi connectivity index (χ1) is 4.75. The fourth-order valence-electron chi connectivity index (χ4n) is 0.472. The van der Waals surface area contributed by atoms with Crippen LogP contribution >= 0.6 is 34.8 Å². The molecule has 0 N–H and O–H groups in total. The molecule has 0 saturated heterocycles. The molecule has 0 amide bonds. The number of hydrogen-bond donors (Lipinski definition) is 0. The van der Waals surface area contributed by atoms with Crippen molar-refractivity contribution >= 4 is 34.8 Å². The van der Waals surface area contributed by atoms with Crippen LogP contribution in [-0.2, 0) is 5.88 Å². The van der Waals surface area contributed by atoms with E-state index in [4.69, 9.17) is 34.8 Å². The average Bonchev–Trinajstić information content (AvgIpc) is 2.33. The summed E-state index contributed by atoms with van der Waals surface area (Å²) in [5.41, 5.74) is 0.870. The standard InChI is InChI=1S/C4H3Cl3N2O/c5-1-2-3(4(6)7)9-10-8-2/h4H,1H2. The van der Waals surface area contributed by atoms with Gasteiger partial charge in [-0.1, -0.05) is 33.5 Å². The summed E-state index contributed by atoms with van der Waals surface area (Å²) in [4.78, 5) is -0.722. The summed E-state index contributed by atoms with van der Waals surface area (Å²) in [5.74, 6) is 0.203. The van der Waals surface area contributed by atoms with Crippen LogP contribution < -0.4 is 0 Å². The Morgan fingerprint density at radius 2 is 2.10 bits per heavy atom.